The fourth-order valence-electron chi connectivity index (χ4n) is 3.43. The highest BCUT2D eigenvalue weighted by Gasteiger charge is 2.23. The van der Waals surface area contributed by atoms with Crippen molar-refractivity contribution in [3.05, 3.63) is 60.9 Å². The van der Waals surface area contributed by atoms with Gasteiger partial charge in [-0.25, -0.2) is 18.4 Å². The van der Waals surface area contributed by atoms with Crippen molar-refractivity contribution in [1.82, 2.24) is 15.0 Å². The van der Waals surface area contributed by atoms with Gasteiger partial charge in [0.15, 0.2) is 11.2 Å². The van der Waals surface area contributed by atoms with Gasteiger partial charge in [-0.3, -0.25) is 9.52 Å². The molecule has 4 heterocycles. The number of pyridine rings is 2. The first-order valence-electron chi connectivity index (χ1n) is 9.61. The molecule has 156 valence electrons. The maximum absolute atomic E-state index is 12.8. The van der Waals surface area contributed by atoms with E-state index < -0.39 is 10.0 Å². The minimum absolute atomic E-state index is 0.0455. The Bertz CT molecular complexity index is 1350. The number of carbonyl (C=O) groups excluding carboxylic acids is 1. The lowest BCUT2D eigenvalue weighted by atomic mass is 10.2. The van der Waals surface area contributed by atoms with Crippen LogP contribution in [0.3, 0.4) is 0 Å². The van der Waals surface area contributed by atoms with Crippen LogP contribution in [0.1, 0.15) is 12.8 Å². The van der Waals surface area contributed by atoms with Gasteiger partial charge in [0.2, 0.25) is 11.8 Å². The van der Waals surface area contributed by atoms with Crippen LogP contribution in [-0.2, 0) is 14.8 Å². The summed E-state index contributed by atoms with van der Waals surface area (Å²) in [5, 5.41) is 0. The summed E-state index contributed by atoms with van der Waals surface area (Å²) in [6.45, 7) is 0.644. The lowest BCUT2D eigenvalue weighted by molar-refractivity contribution is -0.117. The molecule has 0 spiro atoms. The van der Waals surface area contributed by atoms with Crippen LogP contribution in [-0.4, -0.2) is 35.8 Å². The molecule has 31 heavy (non-hydrogen) atoms. The van der Waals surface area contributed by atoms with E-state index >= 15 is 0 Å². The zero-order chi connectivity index (χ0) is 21.4. The zero-order valence-electron chi connectivity index (χ0n) is 16.2. The first kappa shape index (κ1) is 19.2. The van der Waals surface area contributed by atoms with E-state index in [9.17, 15) is 13.2 Å². The second kappa shape index (κ2) is 7.47. The van der Waals surface area contributed by atoms with Crippen molar-refractivity contribution in [2.45, 2.75) is 17.7 Å². The summed E-state index contributed by atoms with van der Waals surface area (Å²) >= 11 is 0. The predicted octanol–water partition coefficient (Wildman–Crippen LogP) is 3.21. The molecule has 1 fully saturated rings. The number of fused-ring (bicyclic) bond motifs is 1. The van der Waals surface area contributed by atoms with Crippen LogP contribution in [0.5, 0.6) is 0 Å². The van der Waals surface area contributed by atoms with Crippen LogP contribution in [0.2, 0.25) is 0 Å². The Hall–Kier alpha value is -3.79. The normalized spacial score (nSPS) is 14.3. The number of oxazole rings is 1. The van der Waals surface area contributed by atoms with Crippen LogP contribution in [0.15, 0.2) is 70.2 Å². The Kier molecular flexibility index (Phi) is 4.63. The smallest absolute Gasteiger partial charge is 0.263 e. The number of nitrogens with zero attached hydrogens (tertiary/aromatic N) is 4. The van der Waals surface area contributed by atoms with Crippen molar-refractivity contribution in [3.8, 4) is 11.5 Å². The van der Waals surface area contributed by atoms with E-state index in [4.69, 9.17) is 4.42 Å². The summed E-state index contributed by atoms with van der Waals surface area (Å²) in [6, 6.07) is 12.9. The molecule has 9 nitrogen and oxygen atoms in total. The van der Waals surface area contributed by atoms with Gasteiger partial charge in [0.25, 0.3) is 10.0 Å². The number of hydrogen-bond acceptors (Lipinski definition) is 7. The van der Waals surface area contributed by atoms with Crippen molar-refractivity contribution in [1.29, 1.82) is 0 Å². The molecule has 1 aliphatic rings. The van der Waals surface area contributed by atoms with E-state index in [2.05, 4.69) is 19.7 Å². The molecule has 0 aliphatic carbocycles. The SMILES string of the molecule is O=C1CCCN1c1ccc(S(=O)(=O)Nc2cc(-c3nc4ncccc4o3)ccn2)cc1. The third kappa shape index (κ3) is 3.73. The summed E-state index contributed by atoms with van der Waals surface area (Å²) < 4.78 is 33.8. The average molecular weight is 435 g/mol. The van der Waals surface area contributed by atoms with E-state index in [1.54, 1.807) is 47.5 Å². The van der Waals surface area contributed by atoms with E-state index in [-0.39, 0.29) is 16.6 Å². The molecule has 4 aromatic rings. The van der Waals surface area contributed by atoms with Crippen molar-refractivity contribution < 1.29 is 17.6 Å². The first-order valence-corrected chi connectivity index (χ1v) is 11.1. The van der Waals surface area contributed by atoms with Gasteiger partial charge >= 0.3 is 0 Å². The fourth-order valence-corrected chi connectivity index (χ4v) is 4.43. The molecule has 1 saturated heterocycles. The lowest BCUT2D eigenvalue weighted by Crippen LogP contribution is -2.23. The van der Waals surface area contributed by atoms with E-state index in [0.717, 1.165) is 6.42 Å². The van der Waals surface area contributed by atoms with Gasteiger partial charge < -0.3 is 9.32 Å². The fraction of sp³-hybridized carbons (Fsp3) is 0.143. The maximum atomic E-state index is 12.8. The second-order valence-corrected chi connectivity index (χ2v) is 8.70. The Morgan fingerprint density at radius 3 is 2.61 bits per heavy atom. The average Bonchev–Trinajstić information content (AvgIpc) is 3.40. The predicted molar refractivity (Wildman–Crippen MR) is 114 cm³/mol. The number of anilines is 2. The van der Waals surface area contributed by atoms with E-state index in [1.165, 1.54) is 18.3 Å². The minimum Gasteiger partial charge on any atom is -0.434 e. The van der Waals surface area contributed by atoms with Crippen LogP contribution >= 0.6 is 0 Å². The molecule has 0 atom stereocenters. The minimum atomic E-state index is -3.87. The van der Waals surface area contributed by atoms with Gasteiger partial charge in [0, 0.05) is 36.6 Å². The molecular weight excluding hydrogens is 418 g/mol. The van der Waals surface area contributed by atoms with Gasteiger partial charge in [0.1, 0.15) is 5.82 Å². The molecule has 0 bridgehead atoms. The summed E-state index contributed by atoms with van der Waals surface area (Å²) in [4.78, 5) is 26.1. The highest BCUT2D eigenvalue weighted by molar-refractivity contribution is 7.92. The van der Waals surface area contributed by atoms with Crippen molar-refractivity contribution in [2.75, 3.05) is 16.2 Å². The highest BCUT2D eigenvalue weighted by Crippen LogP contribution is 2.26. The number of benzene rings is 1. The molecule has 0 saturated carbocycles. The molecule has 3 aromatic heterocycles. The number of hydrogen-bond donors (Lipinski definition) is 1. The van der Waals surface area contributed by atoms with E-state index in [0.29, 0.717) is 41.3 Å². The second-order valence-electron chi connectivity index (χ2n) is 7.02. The number of amides is 1. The van der Waals surface area contributed by atoms with Crippen molar-refractivity contribution in [2.24, 2.45) is 0 Å². The van der Waals surface area contributed by atoms with Gasteiger partial charge in [-0.15, -0.1) is 0 Å². The third-order valence-electron chi connectivity index (χ3n) is 4.94. The summed E-state index contributed by atoms with van der Waals surface area (Å²) in [5.74, 6) is 0.492. The van der Waals surface area contributed by atoms with Crippen molar-refractivity contribution >= 4 is 38.7 Å². The van der Waals surface area contributed by atoms with Crippen LogP contribution < -0.4 is 9.62 Å². The Balaban J connectivity index is 1.39. The summed E-state index contributed by atoms with van der Waals surface area (Å²) in [6.07, 6.45) is 4.40. The van der Waals surface area contributed by atoms with Gasteiger partial charge in [-0.2, -0.15) is 4.98 Å². The van der Waals surface area contributed by atoms with Crippen LogP contribution in [0.4, 0.5) is 11.5 Å². The molecule has 1 aliphatic heterocycles. The van der Waals surface area contributed by atoms with Gasteiger partial charge in [0.05, 0.1) is 4.90 Å². The third-order valence-corrected chi connectivity index (χ3v) is 6.31. The highest BCUT2D eigenvalue weighted by atomic mass is 32.2. The molecule has 5 rings (SSSR count). The number of sulfonamides is 1. The quantitative estimate of drug-likeness (QED) is 0.511. The summed E-state index contributed by atoms with van der Waals surface area (Å²) in [5.41, 5.74) is 2.25. The topological polar surface area (TPSA) is 118 Å². The molecule has 1 aromatic carbocycles. The van der Waals surface area contributed by atoms with E-state index in [1.807, 2.05) is 0 Å². The molecule has 1 amide bonds. The lowest BCUT2D eigenvalue weighted by Gasteiger charge is -2.16. The zero-order valence-corrected chi connectivity index (χ0v) is 17.0. The number of rotatable bonds is 5. The molecule has 10 heteroatoms. The molecule has 0 radical (unpaired) electrons. The number of nitrogens with one attached hydrogen (secondary N) is 1. The monoisotopic (exact) mass is 435 g/mol. The Morgan fingerprint density at radius 2 is 1.87 bits per heavy atom. The summed E-state index contributed by atoms with van der Waals surface area (Å²) in [7, 11) is -3.87. The molecule has 0 unspecified atom stereocenters. The Labute approximate surface area is 177 Å². The standard InChI is InChI=1S/C21H17N5O4S/c27-19-4-2-12-26(19)15-5-7-16(8-6-15)31(28,29)25-18-13-14(9-11-22-18)21-24-20-17(30-21)3-1-10-23-20/h1,3,5-11,13H,2,4,12H2,(H,22,25). The maximum Gasteiger partial charge on any atom is 0.263 e. The molecular formula is C21H17N5O4S. The van der Waals surface area contributed by atoms with Crippen LogP contribution in [0.25, 0.3) is 22.7 Å². The Morgan fingerprint density at radius 1 is 1.03 bits per heavy atom. The number of aromatic nitrogens is 3. The van der Waals surface area contributed by atoms with Crippen LogP contribution in [0, 0.1) is 0 Å². The largest absolute Gasteiger partial charge is 0.434 e. The van der Waals surface area contributed by atoms with Gasteiger partial charge in [-0.1, -0.05) is 0 Å². The first-order chi connectivity index (χ1) is 15.0. The molecule has 1 N–H and O–H groups in total. The van der Waals surface area contributed by atoms with Crippen molar-refractivity contribution in [3.63, 3.8) is 0 Å². The van der Waals surface area contributed by atoms with Gasteiger partial charge in [-0.05, 0) is 55.0 Å². The number of carbonyl (C=O) groups is 1.